The molecule has 0 saturated heterocycles. The van der Waals surface area contributed by atoms with E-state index in [1.54, 1.807) is 43.3 Å². The molecule has 0 bridgehead atoms. The quantitative estimate of drug-likeness (QED) is 0.668. The lowest BCUT2D eigenvalue weighted by molar-refractivity contribution is -0.113. The lowest BCUT2D eigenvalue weighted by atomic mass is 9.94. The van der Waals surface area contributed by atoms with Crippen molar-refractivity contribution in [2.24, 2.45) is 0 Å². The molecule has 0 unspecified atom stereocenters. The normalized spacial score (nSPS) is 16.1. The van der Waals surface area contributed by atoms with Gasteiger partial charge in [-0.3, -0.25) is 4.79 Å². The van der Waals surface area contributed by atoms with Crippen LogP contribution in [0, 0.1) is 5.82 Å². The SMILES string of the molecule is COc1ccc(OC)c(NC(=O)C2=C(C)NC(=S)N[C@H]2c2ccccc2F)c1. The Morgan fingerprint density at radius 3 is 2.61 bits per heavy atom. The van der Waals surface area contributed by atoms with E-state index in [9.17, 15) is 9.18 Å². The lowest BCUT2D eigenvalue weighted by Gasteiger charge is -2.30. The summed E-state index contributed by atoms with van der Waals surface area (Å²) in [5, 5.41) is 9.05. The number of carbonyl (C=O) groups is 1. The second-order valence-electron chi connectivity index (χ2n) is 6.11. The lowest BCUT2D eigenvalue weighted by Crippen LogP contribution is -2.46. The summed E-state index contributed by atoms with van der Waals surface area (Å²) in [6.45, 7) is 1.72. The van der Waals surface area contributed by atoms with Gasteiger partial charge in [-0.05, 0) is 37.3 Å². The second kappa shape index (κ2) is 8.26. The van der Waals surface area contributed by atoms with Crippen LogP contribution in [-0.2, 0) is 4.79 Å². The Bertz CT molecular complexity index is 961. The van der Waals surface area contributed by atoms with Gasteiger partial charge in [0.05, 0.1) is 31.5 Å². The Morgan fingerprint density at radius 1 is 1.18 bits per heavy atom. The minimum atomic E-state index is -0.730. The monoisotopic (exact) mass is 401 g/mol. The zero-order valence-corrected chi connectivity index (χ0v) is 16.4. The maximum Gasteiger partial charge on any atom is 0.255 e. The fourth-order valence-corrected chi connectivity index (χ4v) is 3.31. The first kappa shape index (κ1) is 19.6. The number of halogens is 1. The first-order valence-corrected chi connectivity index (χ1v) is 8.91. The van der Waals surface area contributed by atoms with Crippen LogP contribution in [0.4, 0.5) is 10.1 Å². The first-order valence-electron chi connectivity index (χ1n) is 8.50. The molecule has 2 aromatic rings. The molecule has 6 nitrogen and oxygen atoms in total. The molecule has 28 heavy (non-hydrogen) atoms. The number of methoxy groups -OCH3 is 2. The minimum absolute atomic E-state index is 0.321. The zero-order valence-electron chi connectivity index (χ0n) is 15.6. The summed E-state index contributed by atoms with van der Waals surface area (Å²) in [5.41, 5.74) is 1.63. The summed E-state index contributed by atoms with van der Waals surface area (Å²) in [6, 6.07) is 10.6. The summed E-state index contributed by atoms with van der Waals surface area (Å²) in [5.74, 6) is 0.192. The van der Waals surface area contributed by atoms with Crippen molar-refractivity contribution in [2.45, 2.75) is 13.0 Å². The third kappa shape index (κ3) is 3.91. The fourth-order valence-electron chi connectivity index (χ4n) is 3.04. The van der Waals surface area contributed by atoms with Gasteiger partial charge in [0.15, 0.2) is 5.11 Å². The topological polar surface area (TPSA) is 71.6 Å². The van der Waals surface area contributed by atoms with E-state index in [4.69, 9.17) is 21.7 Å². The summed E-state index contributed by atoms with van der Waals surface area (Å²) in [4.78, 5) is 13.1. The molecule has 1 atom stereocenters. The van der Waals surface area contributed by atoms with Crippen molar-refractivity contribution in [1.82, 2.24) is 10.6 Å². The van der Waals surface area contributed by atoms with Crippen LogP contribution in [0.15, 0.2) is 53.7 Å². The molecule has 3 rings (SSSR count). The van der Waals surface area contributed by atoms with Crippen LogP contribution in [0.2, 0.25) is 0 Å². The number of amides is 1. The van der Waals surface area contributed by atoms with Crippen molar-refractivity contribution in [3.05, 3.63) is 65.1 Å². The third-order valence-electron chi connectivity index (χ3n) is 4.38. The van der Waals surface area contributed by atoms with Crippen LogP contribution < -0.4 is 25.4 Å². The Labute approximate surface area is 167 Å². The molecule has 1 aliphatic rings. The molecule has 0 radical (unpaired) electrons. The molecule has 0 fully saturated rings. The number of ether oxygens (including phenoxy) is 2. The van der Waals surface area contributed by atoms with Crippen molar-refractivity contribution in [1.29, 1.82) is 0 Å². The smallest absolute Gasteiger partial charge is 0.255 e. The Hall–Kier alpha value is -3.13. The molecule has 3 N–H and O–H groups in total. The summed E-state index contributed by atoms with van der Waals surface area (Å²) in [6.07, 6.45) is 0. The van der Waals surface area contributed by atoms with Gasteiger partial charge < -0.3 is 25.4 Å². The van der Waals surface area contributed by atoms with E-state index in [1.807, 2.05) is 0 Å². The number of rotatable bonds is 5. The van der Waals surface area contributed by atoms with Crippen LogP contribution in [0.5, 0.6) is 11.5 Å². The van der Waals surface area contributed by atoms with Crippen LogP contribution in [0.3, 0.4) is 0 Å². The maximum absolute atomic E-state index is 14.4. The third-order valence-corrected chi connectivity index (χ3v) is 4.60. The average molecular weight is 401 g/mol. The highest BCUT2D eigenvalue weighted by molar-refractivity contribution is 7.80. The number of hydrogen-bond acceptors (Lipinski definition) is 4. The van der Waals surface area contributed by atoms with Crippen LogP contribution in [0.25, 0.3) is 0 Å². The summed E-state index contributed by atoms with van der Waals surface area (Å²) in [7, 11) is 3.04. The van der Waals surface area contributed by atoms with Gasteiger partial charge in [-0.15, -0.1) is 0 Å². The molecular formula is C20H20FN3O3S. The molecule has 1 heterocycles. The van der Waals surface area contributed by atoms with Gasteiger partial charge in [0.25, 0.3) is 5.91 Å². The van der Waals surface area contributed by atoms with Gasteiger partial charge >= 0.3 is 0 Å². The molecule has 0 spiro atoms. The minimum Gasteiger partial charge on any atom is -0.497 e. The van der Waals surface area contributed by atoms with Crippen molar-refractivity contribution in [3.63, 3.8) is 0 Å². The molecule has 1 amide bonds. The number of anilines is 1. The fraction of sp³-hybridized carbons (Fsp3) is 0.200. The predicted molar refractivity (Wildman–Crippen MR) is 109 cm³/mol. The van der Waals surface area contributed by atoms with Crippen LogP contribution in [0.1, 0.15) is 18.5 Å². The highest BCUT2D eigenvalue weighted by atomic mass is 32.1. The van der Waals surface area contributed by atoms with Crippen molar-refractivity contribution in [3.8, 4) is 11.5 Å². The van der Waals surface area contributed by atoms with Crippen molar-refractivity contribution in [2.75, 3.05) is 19.5 Å². The number of thiocarbonyl (C=S) groups is 1. The Balaban J connectivity index is 2.00. The van der Waals surface area contributed by atoms with Gasteiger partial charge in [0.1, 0.15) is 17.3 Å². The number of carbonyl (C=O) groups excluding carboxylic acids is 1. The van der Waals surface area contributed by atoms with Gasteiger partial charge in [-0.25, -0.2) is 4.39 Å². The highest BCUT2D eigenvalue weighted by Crippen LogP contribution is 2.32. The van der Waals surface area contributed by atoms with E-state index in [0.717, 1.165) is 0 Å². The molecule has 146 valence electrons. The average Bonchev–Trinajstić information content (AvgIpc) is 2.67. The van der Waals surface area contributed by atoms with E-state index >= 15 is 0 Å². The molecule has 8 heteroatoms. The number of hydrogen-bond donors (Lipinski definition) is 3. The molecule has 1 aliphatic heterocycles. The van der Waals surface area contributed by atoms with Crippen LogP contribution >= 0.6 is 12.2 Å². The van der Waals surface area contributed by atoms with Crippen molar-refractivity contribution < 1.29 is 18.7 Å². The van der Waals surface area contributed by atoms with Gasteiger partial charge in [0, 0.05) is 17.3 Å². The first-order chi connectivity index (χ1) is 13.4. The zero-order chi connectivity index (χ0) is 20.3. The van der Waals surface area contributed by atoms with Crippen molar-refractivity contribution >= 4 is 28.9 Å². The second-order valence-corrected chi connectivity index (χ2v) is 6.52. The number of benzene rings is 2. The Morgan fingerprint density at radius 2 is 1.93 bits per heavy atom. The maximum atomic E-state index is 14.4. The molecule has 0 saturated carbocycles. The van der Waals surface area contributed by atoms with E-state index in [-0.39, 0.29) is 0 Å². The standard InChI is InChI=1S/C20H20FN3O3S/c1-11-17(18(24-20(28)22-11)13-6-4-5-7-14(13)21)19(25)23-15-10-12(26-2)8-9-16(15)27-3/h4-10,18H,1-3H3,(H,23,25)(H2,22,24,28)/t18-/m0/s1. The van der Waals surface area contributed by atoms with Crippen LogP contribution in [-0.4, -0.2) is 25.2 Å². The summed E-state index contributed by atoms with van der Waals surface area (Å²) < 4.78 is 24.9. The van der Waals surface area contributed by atoms with Gasteiger partial charge in [0.2, 0.25) is 0 Å². The molecular weight excluding hydrogens is 381 g/mol. The highest BCUT2D eigenvalue weighted by Gasteiger charge is 2.31. The Kier molecular flexibility index (Phi) is 5.79. The van der Waals surface area contributed by atoms with E-state index in [0.29, 0.717) is 39.1 Å². The molecule has 2 aromatic carbocycles. The number of allylic oxidation sites excluding steroid dienone is 1. The van der Waals surface area contributed by atoms with Gasteiger partial charge in [-0.2, -0.15) is 0 Å². The molecule has 0 aromatic heterocycles. The summed E-state index contributed by atoms with van der Waals surface area (Å²) >= 11 is 5.20. The van der Waals surface area contributed by atoms with E-state index in [1.165, 1.54) is 20.3 Å². The van der Waals surface area contributed by atoms with E-state index < -0.39 is 17.8 Å². The van der Waals surface area contributed by atoms with E-state index in [2.05, 4.69) is 16.0 Å². The predicted octanol–water partition coefficient (Wildman–Crippen LogP) is 3.27. The number of nitrogens with one attached hydrogen (secondary N) is 3. The van der Waals surface area contributed by atoms with Gasteiger partial charge in [-0.1, -0.05) is 18.2 Å². The molecule has 0 aliphatic carbocycles. The largest absolute Gasteiger partial charge is 0.497 e.